The second kappa shape index (κ2) is 6.30. The molecule has 8 nitrogen and oxygen atoms in total. The molecular weight excluding hydrogens is 280 g/mol. The van der Waals surface area contributed by atoms with E-state index in [4.69, 9.17) is 9.84 Å². The van der Waals surface area contributed by atoms with Gasteiger partial charge in [-0.15, -0.1) is 0 Å². The highest BCUT2D eigenvalue weighted by molar-refractivity contribution is 5.84. The zero-order valence-electron chi connectivity index (χ0n) is 11.9. The Morgan fingerprint density at radius 3 is 2.57 bits per heavy atom. The van der Waals surface area contributed by atoms with Crippen LogP contribution in [0.3, 0.4) is 0 Å². The van der Waals surface area contributed by atoms with Crippen molar-refractivity contribution >= 4 is 18.0 Å². The first kappa shape index (κ1) is 15.6. The van der Waals surface area contributed by atoms with Crippen LogP contribution in [-0.4, -0.2) is 76.9 Å². The van der Waals surface area contributed by atoms with Crippen LogP contribution in [0.4, 0.5) is 4.79 Å². The van der Waals surface area contributed by atoms with Crippen LogP contribution in [0.2, 0.25) is 0 Å². The fourth-order valence-electron chi connectivity index (χ4n) is 2.95. The molecule has 1 unspecified atom stereocenters. The summed E-state index contributed by atoms with van der Waals surface area (Å²) in [6.07, 6.45) is 0.535. The summed E-state index contributed by atoms with van der Waals surface area (Å²) in [5, 5.41) is 18.7. The molecule has 21 heavy (non-hydrogen) atoms. The Balaban J connectivity index is 2.05. The van der Waals surface area contributed by atoms with E-state index in [1.165, 1.54) is 16.9 Å². The predicted octanol–water partition coefficient (Wildman–Crippen LogP) is -0.489. The Hall–Kier alpha value is -1.83. The SMILES string of the molecule is COC(=O)C1CCCN(C(=O)N2C[C@H](O)C[C@@H]2C(=O)O)C1. The van der Waals surface area contributed by atoms with E-state index in [-0.39, 0.29) is 31.4 Å². The maximum absolute atomic E-state index is 12.4. The van der Waals surface area contributed by atoms with Crippen molar-refractivity contribution in [3.05, 3.63) is 0 Å². The molecule has 0 saturated carbocycles. The fraction of sp³-hybridized carbons (Fsp3) is 0.769. The van der Waals surface area contributed by atoms with Crippen molar-refractivity contribution in [3.8, 4) is 0 Å². The molecule has 0 spiro atoms. The molecule has 118 valence electrons. The predicted molar refractivity (Wildman–Crippen MR) is 70.5 cm³/mol. The summed E-state index contributed by atoms with van der Waals surface area (Å²) in [7, 11) is 1.31. The average molecular weight is 300 g/mol. The third-order valence-corrected chi connectivity index (χ3v) is 4.04. The molecule has 3 atom stereocenters. The largest absolute Gasteiger partial charge is 0.480 e. The summed E-state index contributed by atoms with van der Waals surface area (Å²) in [6.45, 7) is 0.713. The number of ether oxygens (including phenoxy) is 1. The van der Waals surface area contributed by atoms with Crippen molar-refractivity contribution in [2.45, 2.75) is 31.4 Å². The van der Waals surface area contributed by atoms with Crippen molar-refractivity contribution in [2.75, 3.05) is 26.7 Å². The number of hydrogen-bond donors (Lipinski definition) is 2. The minimum absolute atomic E-state index is 0.00912. The lowest BCUT2D eigenvalue weighted by Gasteiger charge is -2.35. The maximum Gasteiger partial charge on any atom is 0.326 e. The fourth-order valence-corrected chi connectivity index (χ4v) is 2.95. The lowest BCUT2D eigenvalue weighted by molar-refractivity contribution is -0.147. The molecule has 0 radical (unpaired) electrons. The van der Waals surface area contributed by atoms with E-state index in [1.54, 1.807) is 0 Å². The first-order valence-corrected chi connectivity index (χ1v) is 6.98. The monoisotopic (exact) mass is 300 g/mol. The minimum Gasteiger partial charge on any atom is -0.480 e. The second-order valence-electron chi connectivity index (χ2n) is 5.49. The number of hydrogen-bond acceptors (Lipinski definition) is 5. The number of carbonyl (C=O) groups excluding carboxylic acids is 2. The molecule has 2 aliphatic heterocycles. The topological polar surface area (TPSA) is 107 Å². The number of aliphatic carboxylic acids is 1. The highest BCUT2D eigenvalue weighted by atomic mass is 16.5. The van der Waals surface area contributed by atoms with Gasteiger partial charge in [0, 0.05) is 26.1 Å². The van der Waals surface area contributed by atoms with Crippen LogP contribution in [0.15, 0.2) is 0 Å². The standard InChI is InChI=1S/C13H20N2O6/c1-21-12(19)8-3-2-4-14(6-8)13(20)15-7-9(16)5-10(15)11(17)18/h8-10,16H,2-7H2,1H3,(H,17,18)/t8?,9-,10-/m1/s1. The van der Waals surface area contributed by atoms with Gasteiger partial charge in [-0.05, 0) is 12.8 Å². The zero-order valence-corrected chi connectivity index (χ0v) is 11.9. The zero-order chi connectivity index (χ0) is 15.6. The summed E-state index contributed by atoms with van der Waals surface area (Å²) in [4.78, 5) is 37.8. The van der Waals surface area contributed by atoms with Crippen LogP contribution in [-0.2, 0) is 14.3 Å². The van der Waals surface area contributed by atoms with E-state index < -0.39 is 24.1 Å². The average Bonchev–Trinajstić information content (AvgIpc) is 2.88. The van der Waals surface area contributed by atoms with Gasteiger partial charge in [0.25, 0.3) is 0 Å². The molecule has 2 heterocycles. The van der Waals surface area contributed by atoms with Crippen molar-refractivity contribution in [2.24, 2.45) is 5.92 Å². The number of carboxylic acid groups (broad SMARTS) is 1. The summed E-state index contributed by atoms with van der Waals surface area (Å²) < 4.78 is 4.70. The third-order valence-electron chi connectivity index (χ3n) is 4.04. The van der Waals surface area contributed by atoms with Crippen molar-refractivity contribution in [3.63, 3.8) is 0 Å². The van der Waals surface area contributed by atoms with E-state index in [2.05, 4.69) is 0 Å². The highest BCUT2D eigenvalue weighted by Gasteiger charge is 2.41. The van der Waals surface area contributed by atoms with E-state index >= 15 is 0 Å². The quantitative estimate of drug-likeness (QED) is 0.666. The lowest BCUT2D eigenvalue weighted by atomic mass is 9.98. The van der Waals surface area contributed by atoms with Gasteiger partial charge in [-0.1, -0.05) is 0 Å². The smallest absolute Gasteiger partial charge is 0.326 e. The number of carboxylic acids is 1. The normalized spacial score (nSPS) is 29.3. The number of piperidine rings is 1. The highest BCUT2D eigenvalue weighted by Crippen LogP contribution is 2.24. The van der Waals surface area contributed by atoms with E-state index in [9.17, 15) is 19.5 Å². The molecule has 2 fully saturated rings. The molecule has 0 aromatic rings. The molecule has 2 N–H and O–H groups in total. The molecule has 2 aliphatic rings. The number of rotatable bonds is 2. The molecule has 0 aromatic carbocycles. The van der Waals surface area contributed by atoms with Crippen molar-refractivity contribution in [1.29, 1.82) is 0 Å². The molecule has 2 amide bonds. The summed E-state index contributed by atoms with van der Waals surface area (Å²) >= 11 is 0. The number of carbonyl (C=O) groups is 3. The Bertz CT molecular complexity index is 440. The van der Waals surface area contributed by atoms with Crippen molar-refractivity contribution < 1.29 is 29.3 Å². The maximum atomic E-state index is 12.4. The van der Waals surface area contributed by atoms with E-state index in [1.807, 2.05) is 0 Å². The number of β-amino-alcohol motifs (C(OH)–C–C–N with tert-alkyl or cyclic N) is 1. The van der Waals surface area contributed by atoms with Gasteiger partial charge in [0.05, 0.1) is 19.1 Å². The molecule has 0 bridgehead atoms. The Morgan fingerprint density at radius 2 is 1.95 bits per heavy atom. The van der Waals surface area contributed by atoms with Crippen LogP contribution >= 0.6 is 0 Å². The van der Waals surface area contributed by atoms with Gasteiger partial charge >= 0.3 is 18.0 Å². The molecule has 2 rings (SSSR count). The van der Waals surface area contributed by atoms with Gasteiger partial charge < -0.3 is 24.7 Å². The summed E-state index contributed by atoms with van der Waals surface area (Å²) in [5.41, 5.74) is 0. The number of amides is 2. The van der Waals surface area contributed by atoms with E-state index in [0.29, 0.717) is 19.4 Å². The number of aliphatic hydroxyl groups is 1. The number of nitrogens with zero attached hydrogens (tertiary/aromatic N) is 2. The minimum atomic E-state index is -1.12. The van der Waals surface area contributed by atoms with Gasteiger partial charge in [0.15, 0.2) is 0 Å². The Labute approximate surface area is 122 Å². The van der Waals surface area contributed by atoms with E-state index in [0.717, 1.165) is 0 Å². The van der Waals surface area contributed by atoms with Gasteiger partial charge in [-0.25, -0.2) is 9.59 Å². The molecule has 2 saturated heterocycles. The third kappa shape index (κ3) is 3.26. The van der Waals surface area contributed by atoms with Crippen LogP contribution in [0.25, 0.3) is 0 Å². The first-order chi connectivity index (χ1) is 9.93. The van der Waals surface area contributed by atoms with Gasteiger partial charge in [-0.3, -0.25) is 4.79 Å². The Kier molecular flexibility index (Phi) is 4.66. The Morgan fingerprint density at radius 1 is 1.24 bits per heavy atom. The van der Waals surface area contributed by atoms with Crippen molar-refractivity contribution in [1.82, 2.24) is 9.80 Å². The summed E-state index contributed by atoms with van der Waals surface area (Å²) in [5.74, 6) is -1.85. The van der Waals surface area contributed by atoms with Crippen LogP contribution in [0.1, 0.15) is 19.3 Å². The number of methoxy groups -OCH3 is 1. The molecule has 0 aliphatic carbocycles. The number of urea groups is 1. The number of aliphatic hydroxyl groups excluding tert-OH is 1. The van der Waals surface area contributed by atoms with Gasteiger partial charge in [0.1, 0.15) is 6.04 Å². The van der Waals surface area contributed by atoms with Gasteiger partial charge in [0.2, 0.25) is 0 Å². The number of likely N-dealkylation sites (tertiary alicyclic amines) is 2. The molecule has 8 heteroatoms. The van der Waals surface area contributed by atoms with Gasteiger partial charge in [-0.2, -0.15) is 0 Å². The molecular formula is C13H20N2O6. The number of esters is 1. The summed E-state index contributed by atoms with van der Waals surface area (Å²) in [6, 6.07) is -1.45. The second-order valence-corrected chi connectivity index (χ2v) is 5.49. The van der Waals surface area contributed by atoms with Crippen LogP contribution in [0.5, 0.6) is 0 Å². The molecule has 0 aromatic heterocycles. The van der Waals surface area contributed by atoms with Crippen LogP contribution < -0.4 is 0 Å². The van der Waals surface area contributed by atoms with Crippen LogP contribution in [0, 0.1) is 5.92 Å². The lowest BCUT2D eigenvalue weighted by Crippen LogP contribution is -2.52. The first-order valence-electron chi connectivity index (χ1n) is 6.98.